The number of likely N-dealkylation sites (N-methyl/N-ethyl adjacent to an activating group) is 1. The van der Waals surface area contributed by atoms with Gasteiger partial charge in [-0.2, -0.15) is 0 Å². The lowest BCUT2D eigenvalue weighted by molar-refractivity contribution is -0.386. The molecule has 1 rings (SSSR count). The van der Waals surface area contributed by atoms with Gasteiger partial charge in [-0.1, -0.05) is 13.8 Å². The topological polar surface area (TPSA) is 68.1 Å². The molecule has 0 aliphatic heterocycles. The first-order chi connectivity index (χ1) is 8.04. The van der Waals surface area contributed by atoms with Crippen molar-refractivity contribution in [1.82, 2.24) is 10.3 Å². The Kier molecular flexibility index (Phi) is 5.03. The van der Waals surface area contributed by atoms with Crippen LogP contribution in [0.15, 0.2) is 18.3 Å². The van der Waals surface area contributed by atoms with Crippen molar-refractivity contribution in [3.8, 4) is 0 Å². The van der Waals surface area contributed by atoms with Crippen LogP contribution in [0.1, 0.15) is 26.0 Å². The molecule has 0 aliphatic carbocycles. The van der Waals surface area contributed by atoms with E-state index in [1.807, 2.05) is 7.05 Å². The summed E-state index contributed by atoms with van der Waals surface area (Å²) in [6.45, 7) is 4.27. The number of nitro groups is 1. The minimum atomic E-state index is -0.371. The Morgan fingerprint density at radius 3 is 2.76 bits per heavy atom. The summed E-state index contributed by atoms with van der Waals surface area (Å²) in [5.41, 5.74) is 0.661. The summed E-state index contributed by atoms with van der Waals surface area (Å²) in [7, 11) is 1.88. The molecule has 1 heterocycles. The first kappa shape index (κ1) is 13.6. The zero-order valence-electron chi connectivity index (χ0n) is 10.5. The quantitative estimate of drug-likeness (QED) is 0.608. The Balaban J connectivity index is 2.82. The van der Waals surface area contributed by atoms with E-state index in [4.69, 9.17) is 0 Å². The molecule has 1 N–H and O–H groups in total. The molecular weight excluding hydrogens is 218 g/mol. The van der Waals surface area contributed by atoms with Crippen LogP contribution in [-0.4, -0.2) is 23.0 Å². The fourth-order valence-corrected chi connectivity index (χ4v) is 1.86. The zero-order chi connectivity index (χ0) is 12.8. The summed E-state index contributed by atoms with van der Waals surface area (Å²) in [5.74, 6) is 0.551. The first-order valence-electron chi connectivity index (χ1n) is 5.80. The molecule has 0 saturated carbocycles. The Labute approximate surface area is 101 Å². The third-order valence-corrected chi connectivity index (χ3v) is 2.67. The molecule has 0 aromatic carbocycles. The molecule has 1 aromatic heterocycles. The molecule has 5 nitrogen and oxygen atoms in total. The third-order valence-electron chi connectivity index (χ3n) is 2.67. The van der Waals surface area contributed by atoms with E-state index in [1.165, 1.54) is 6.07 Å². The molecule has 0 amide bonds. The van der Waals surface area contributed by atoms with E-state index in [2.05, 4.69) is 24.1 Å². The Morgan fingerprint density at radius 2 is 2.24 bits per heavy atom. The maximum atomic E-state index is 10.9. The van der Waals surface area contributed by atoms with E-state index in [1.54, 1.807) is 12.3 Å². The highest BCUT2D eigenvalue weighted by Gasteiger charge is 2.18. The van der Waals surface area contributed by atoms with Crippen LogP contribution in [0, 0.1) is 16.0 Å². The van der Waals surface area contributed by atoms with Crippen molar-refractivity contribution < 1.29 is 4.92 Å². The number of hydrogen-bond acceptors (Lipinski definition) is 4. The van der Waals surface area contributed by atoms with Gasteiger partial charge in [0.2, 0.25) is 0 Å². The van der Waals surface area contributed by atoms with Gasteiger partial charge in [-0.3, -0.25) is 15.1 Å². The van der Waals surface area contributed by atoms with Crippen LogP contribution in [0.4, 0.5) is 5.69 Å². The largest absolute Gasteiger partial charge is 0.317 e. The molecule has 0 fully saturated rings. The van der Waals surface area contributed by atoms with E-state index in [0.717, 1.165) is 6.42 Å². The number of rotatable bonds is 6. The summed E-state index contributed by atoms with van der Waals surface area (Å²) in [4.78, 5) is 14.6. The molecule has 17 heavy (non-hydrogen) atoms. The third kappa shape index (κ3) is 4.11. The lowest BCUT2D eigenvalue weighted by atomic mass is 9.99. The predicted molar refractivity (Wildman–Crippen MR) is 66.9 cm³/mol. The maximum Gasteiger partial charge on any atom is 0.290 e. The Hall–Kier alpha value is -1.49. The molecule has 94 valence electrons. The summed E-state index contributed by atoms with van der Waals surface area (Å²) >= 11 is 0. The van der Waals surface area contributed by atoms with Crippen molar-refractivity contribution in [2.75, 3.05) is 7.05 Å². The van der Waals surface area contributed by atoms with Gasteiger partial charge in [-0.25, -0.2) is 0 Å². The maximum absolute atomic E-state index is 10.9. The van der Waals surface area contributed by atoms with Crippen molar-refractivity contribution in [2.45, 2.75) is 32.7 Å². The van der Waals surface area contributed by atoms with Crippen LogP contribution in [-0.2, 0) is 6.42 Å². The molecule has 1 aromatic rings. The summed E-state index contributed by atoms with van der Waals surface area (Å²) < 4.78 is 0. The van der Waals surface area contributed by atoms with Crippen molar-refractivity contribution in [3.63, 3.8) is 0 Å². The van der Waals surface area contributed by atoms with Crippen LogP contribution in [0.3, 0.4) is 0 Å². The van der Waals surface area contributed by atoms with Gasteiger partial charge in [0.25, 0.3) is 5.69 Å². The van der Waals surface area contributed by atoms with Crippen LogP contribution in [0.2, 0.25) is 0 Å². The van der Waals surface area contributed by atoms with Crippen molar-refractivity contribution in [2.24, 2.45) is 5.92 Å². The van der Waals surface area contributed by atoms with Crippen LogP contribution in [0.25, 0.3) is 0 Å². The van der Waals surface area contributed by atoms with Gasteiger partial charge in [-0.15, -0.1) is 0 Å². The molecule has 1 atom stereocenters. The molecule has 1 unspecified atom stereocenters. The second-order valence-corrected chi connectivity index (χ2v) is 4.55. The normalized spacial score (nSPS) is 12.7. The average Bonchev–Trinajstić information content (AvgIpc) is 2.28. The minimum Gasteiger partial charge on any atom is -0.317 e. The molecular formula is C12H19N3O2. The number of nitrogens with one attached hydrogen (secondary N) is 1. The fourth-order valence-electron chi connectivity index (χ4n) is 1.86. The van der Waals surface area contributed by atoms with Crippen LogP contribution < -0.4 is 5.32 Å². The zero-order valence-corrected chi connectivity index (χ0v) is 10.5. The molecule has 0 spiro atoms. The van der Waals surface area contributed by atoms with Gasteiger partial charge in [0.1, 0.15) is 5.69 Å². The second-order valence-electron chi connectivity index (χ2n) is 4.55. The Morgan fingerprint density at radius 1 is 1.53 bits per heavy atom. The SMILES string of the molecule is CNC(Cc1ncccc1[N+](=O)[O-])CC(C)C. The highest BCUT2D eigenvalue weighted by Crippen LogP contribution is 2.18. The van der Waals surface area contributed by atoms with Gasteiger partial charge in [0.15, 0.2) is 0 Å². The summed E-state index contributed by atoms with van der Waals surface area (Å²) in [6, 6.07) is 3.33. The predicted octanol–water partition coefficient (Wildman–Crippen LogP) is 2.17. The number of aromatic nitrogens is 1. The fraction of sp³-hybridized carbons (Fsp3) is 0.583. The minimum absolute atomic E-state index is 0.108. The van der Waals surface area contributed by atoms with Gasteiger partial charge >= 0.3 is 0 Å². The lowest BCUT2D eigenvalue weighted by Crippen LogP contribution is -2.29. The van der Waals surface area contributed by atoms with Crippen LogP contribution >= 0.6 is 0 Å². The van der Waals surface area contributed by atoms with E-state index >= 15 is 0 Å². The molecule has 0 aliphatic rings. The monoisotopic (exact) mass is 237 g/mol. The average molecular weight is 237 g/mol. The molecule has 0 saturated heterocycles. The summed E-state index contributed by atoms with van der Waals surface area (Å²) in [5, 5.41) is 14.0. The van der Waals surface area contributed by atoms with Crippen molar-refractivity contribution >= 4 is 5.69 Å². The van der Waals surface area contributed by atoms with Gasteiger partial charge in [-0.05, 0) is 25.5 Å². The molecule has 0 radical (unpaired) electrons. The van der Waals surface area contributed by atoms with Crippen molar-refractivity contribution in [1.29, 1.82) is 0 Å². The smallest absolute Gasteiger partial charge is 0.290 e. The van der Waals surface area contributed by atoms with E-state index in [-0.39, 0.29) is 16.7 Å². The van der Waals surface area contributed by atoms with Gasteiger partial charge in [0, 0.05) is 24.7 Å². The van der Waals surface area contributed by atoms with Gasteiger partial charge in [0.05, 0.1) is 4.92 Å². The summed E-state index contributed by atoms with van der Waals surface area (Å²) in [6.07, 6.45) is 3.17. The Bertz CT molecular complexity index is 380. The van der Waals surface area contributed by atoms with Gasteiger partial charge < -0.3 is 5.32 Å². The van der Waals surface area contributed by atoms with E-state index < -0.39 is 0 Å². The van der Waals surface area contributed by atoms with E-state index in [0.29, 0.717) is 18.0 Å². The highest BCUT2D eigenvalue weighted by molar-refractivity contribution is 5.34. The number of pyridine rings is 1. The second kappa shape index (κ2) is 6.30. The lowest BCUT2D eigenvalue weighted by Gasteiger charge is -2.17. The van der Waals surface area contributed by atoms with Crippen LogP contribution in [0.5, 0.6) is 0 Å². The first-order valence-corrected chi connectivity index (χ1v) is 5.80. The standard InChI is InChI=1S/C12H19N3O2/c1-9(2)7-10(13-3)8-11-12(15(16)17)5-4-6-14-11/h4-6,9-10,13H,7-8H2,1-3H3. The highest BCUT2D eigenvalue weighted by atomic mass is 16.6. The molecule has 5 heteroatoms. The number of hydrogen-bond donors (Lipinski definition) is 1. The van der Waals surface area contributed by atoms with E-state index in [9.17, 15) is 10.1 Å². The molecule has 0 bridgehead atoms. The van der Waals surface area contributed by atoms with Crippen molar-refractivity contribution in [3.05, 3.63) is 34.1 Å². The number of nitrogens with zero attached hydrogens (tertiary/aromatic N) is 2.